The third-order valence-electron chi connectivity index (χ3n) is 4.50. The molecule has 3 rings (SSSR count). The number of halogens is 2. The summed E-state index contributed by atoms with van der Waals surface area (Å²) in [4.78, 5) is 12.5. The van der Waals surface area contributed by atoms with Gasteiger partial charge in [-0.25, -0.2) is 5.01 Å². The molecule has 0 saturated carbocycles. The van der Waals surface area contributed by atoms with E-state index in [4.69, 9.17) is 9.47 Å². The highest BCUT2D eigenvalue weighted by Gasteiger charge is 2.33. The van der Waals surface area contributed by atoms with Crippen molar-refractivity contribution in [3.63, 3.8) is 0 Å². The molecule has 142 valence electrons. The lowest BCUT2D eigenvalue weighted by Gasteiger charge is -2.22. The highest BCUT2D eigenvalue weighted by Crippen LogP contribution is 2.38. The quantitative estimate of drug-likeness (QED) is 0.564. The first-order chi connectivity index (χ1) is 13.0. The largest absolute Gasteiger partial charge is 0.493 e. The molecule has 1 amide bonds. The maximum absolute atomic E-state index is 12.5. The van der Waals surface area contributed by atoms with Gasteiger partial charge in [-0.05, 0) is 29.8 Å². The summed E-state index contributed by atoms with van der Waals surface area (Å²) < 4.78 is 12.7. The fourth-order valence-electron chi connectivity index (χ4n) is 3.11. The van der Waals surface area contributed by atoms with Crippen LogP contribution in [0, 0.1) is 0 Å². The Morgan fingerprint density at radius 1 is 1.15 bits per heavy atom. The van der Waals surface area contributed by atoms with Crippen LogP contribution in [0.15, 0.2) is 50.4 Å². The SMILES string of the molecule is CCC(=O)N1N=C(c2ccc(Br)cc2Br)CC1c1ccc(OC)c(OC)c1. The summed E-state index contributed by atoms with van der Waals surface area (Å²) in [6.45, 7) is 1.84. The van der Waals surface area contributed by atoms with E-state index in [1.54, 1.807) is 19.2 Å². The van der Waals surface area contributed by atoms with Gasteiger partial charge < -0.3 is 9.47 Å². The third-order valence-corrected chi connectivity index (χ3v) is 5.65. The number of nitrogens with zero attached hydrogens (tertiary/aromatic N) is 2. The second-order valence-electron chi connectivity index (χ2n) is 6.10. The number of carbonyl (C=O) groups is 1. The standard InChI is InChI=1S/C20H20Br2N2O3/c1-4-20(25)24-17(12-5-8-18(26-2)19(9-12)27-3)11-16(23-24)14-7-6-13(21)10-15(14)22/h5-10,17H,4,11H2,1-3H3. The molecule has 0 bridgehead atoms. The number of hydrazone groups is 1. The van der Waals surface area contributed by atoms with Crippen LogP contribution in [0.1, 0.15) is 36.9 Å². The van der Waals surface area contributed by atoms with Crippen LogP contribution in [0.4, 0.5) is 0 Å². The maximum atomic E-state index is 12.5. The van der Waals surface area contributed by atoms with Gasteiger partial charge in [-0.3, -0.25) is 4.79 Å². The number of benzene rings is 2. The zero-order chi connectivity index (χ0) is 19.6. The normalized spacial score (nSPS) is 16.3. The fourth-order valence-corrected chi connectivity index (χ4v) is 4.38. The Bertz CT molecular complexity index is 899. The molecule has 2 aromatic carbocycles. The molecule has 7 heteroatoms. The molecule has 1 aliphatic heterocycles. The van der Waals surface area contributed by atoms with Gasteiger partial charge >= 0.3 is 0 Å². The van der Waals surface area contributed by atoms with Gasteiger partial charge in [0, 0.05) is 27.4 Å². The lowest BCUT2D eigenvalue weighted by atomic mass is 9.98. The first-order valence-electron chi connectivity index (χ1n) is 8.55. The van der Waals surface area contributed by atoms with E-state index in [9.17, 15) is 4.79 Å². The van der Waals surface area contributed by atoms with Gasteiger partial charge in [0.15, 0.2) is 11.5 Å². The molecule has 0 spiro atoms. The second kappa shape index (κ2) is 8.44. The molecular weight excluding hydrogens is 476 g/mol. The predicted octanol–water partition coefficient (Wildman–Crippen LogP) is 5.32. The van der Waals surface area contributed by atoms with E-state index < -0.39 is 0 Å². The number of methoxy groups -OCH3 is 2. The van der Waals surface area contributed by atoms with Crippen molar-refractivity contribution in [2.24, 2.45) is 5.10 Å². The van der Waals surface area contributed by atoms with Gasteiger partial charge in [0.2, 0.25) is 5.91 Å². The van der Waals surface area contributed by atoms with Crippen molar-refractivity contribution in [1.29, 1.82) is 0 Å². The number of ether oxygens (including phenoxy) is 2. The third kappa shape index (κ3) is 4.04. The Morgan fingerprint density at radius 2 is 1.89 bits per heavy atom. The van der Waals surface area contributed by atoms with Gasteiger partial charge in [0.25, 0.3) is 0 Å². The van der Waals surface area contributed by atoms with Crippen LogP contribution < -0.4 is 9.47 Å². The highest BCUT2D eigenvalue weighted by molar-refractivity contribution is 9.11. The van der Waals surface area contributed by atoms with Crippen molar-refractivity contribution in [1.82, 2.24) is 5.01 Å². The Morgan fingerprint density at radius 3 is 2.52 bits per heavy atom. The van der Waals surface area contributed by atoms with Gasteiger partial charge in [-0.2, -0.15) is 5.10 Å². The molecule has 1 atom stereocenters. The summed E-state index contributed by atoms with van der Waals surface area (Å²) in [7, 11) is 3.21. The van der Waals surface area contributed by atoms with Gasteiger partial charge in [-0.15, -0.1) is 0 Å². The number of carbonyl (C=O) groups excluding carboxylic acids is 1. The molecule has 1 unspecified atom stereocenters. The van der Waals surface area contributed by atoms with E-state index in [0.717, 1.165) is 25.8 Å². The van der Waals surface area contributed by atoms with Crippen molar-refractivity contribution in [3.8, 4) is 11.5 Å². The minimum absolute atomic E-state index is 0.0157. The number of rotatable bonds is 5. The molecule has 0 N–H and O–H groups in total. The molecule has 27 heavy (non-hydrogen) atoms. The van der Waals surface area contributed by atoms with E-state index in [-0.39, 0.29) is 11.9 Å². The Hall–Kier alpha value is -1.86. The lowest BCUT2D eigenvalue weighted by Crippen LogP contribution is -2.26. The van der Waals surface area contributed by atoms with Crippen molar-refractivity contribution in [2.75, 3.05) is 14.2 Å². The lowest BCUT2D eigenvalue weighted by molar-refractivity contribution is -0.132. The van der Waals surface area contributed by atoms with Crippen LogP contribution in [0.5, 0.6) is 11.5 Å². The van der Waals surface area contributed by atoms with Crippen LogP contribution in [-0.2, 0) is 4.79 Å². The van der Waals surface area contributed by atoms with Crippen molar-refractivity contribution in [3.05, 3.63) is 56.5 Å². The zero-order valence-corrected chi connectivity index (χ0v) is 18.5. The predicted molar refractivity (Wildman–Crippen MR) is 112 cm³/mol. The Balaban J connectivity index is 2.00. The molecule has 0 saturated heterocycles. The minimum Gasteiger partial charge on any atom is -0.493 e. The van der Waals surface area contributed by atoms with Crippen molar-refractivity contribution < 1.29 is 14.3 Å². The van der Waals surface area contributed by atoms with E-state index in [1.807, 2.05) is 43.3 Å². The molecule has 0 aromatic heterocycles. The minimum atomic E-state index is -0.178. The molecule has 1 aliphatic rings. The molecule has 5 nitrogen and oxygen atoms in total. The molecule has 0 radical (unpaired) electrons. The van der Waals surface area contributed by atoms with E-state index in [0.29, 0.717) is 24.3 Å². The zero-order valence-electron chi connectivity index (χ0n) is 15.3. The number of hydrogen-bond donors (Lipinski definition) is 0. The van der Waals surface area contributed by atoms with E-state index in [1.165, 1.54) is 0 Å². The topological polar surface area (TPSA) is 51.1 Å². The maximum Gasteiger partial charge on any atom is 0.242 e. The molecule has 0 aliphatic carbocycles. The summed E-state index contributed by atoms with van der Waals surface area (Å²) in [6, 6.07) is 11.5. The van der Waals surface area contributed by atoms with Crippen LogP contribution in [-0.4, -0.2) is 30.8 Å². The second-order valence-corrected chi connectivity index (χ2v) is 7.87. The molecular formula is C20H20Br2N2O3. The summed E-state index contributed by atoms with van der Waals surface area (Å²) in [5.41, 5.74) is 2.81. The highest BCUT2D eigenvalue weighted by atomic mass is 79.9. The smallest absolute Gasteiger partial charge is 0.242 e. The van der Waals surface area contributed by atoms with Crippen LogP contribution in [0.25, 0.3) is 0 Å². The van der Waals surface area contributed by atoms with Crippen LogP contribution in [0.3, 0.4) is 0 Å². The van der Waals surface area contributed by atoms with E-state index in [2.05, 4.69) is 37.0 Å². The van der Waals surface area contributed by atoms with Gasteiger partial charge in [-0.1, -0.05) is 50.9 Å². The molecule has 2 aromatic rings. The monoisotopic (exact) mass is 494 g/mol. The van der Waals surface area contributed by atoms with Gasteiger partial charge in [0.05, 0.1) is 26.0 Å². The van der Waals surface area contributed by atoms with Crippen LogP contribution in [0.2, 0.25) is 0 Å². The Labute approximate surface area is 175 Å². The van der Waals surface area contributed by atoms with Gasteiger partial charge in [0.1, 0.15) is 0 Å². The number of hydrogen-bond acceptors (Lipinski definition) is 4. The average Bonchev–Trinajstić information content (AvgIpc) is 3.11. The summed E-state index contributed by atoms with van der Waals surface area (Å²) in [6.07, 6.45) is 1.02. The van der Waals surface area contributed by atoms with E-state index >= 15 is 0 Å². The summed E-state index contributed by atoms with van der Waals surface area (Å²) in [5, 5.41) is 6.25. The summed E-state index contributed by atoms with van der Waals surface area (Å²) in [5.74, 6) is 1.28. The first-order valence-corrected chi connectivity index (χ1v) is 10.1. The fraction of sp³-hybridized carbons (Fsp3) is 0.300. The summed E-state index contributed by atoms with van der Waals surface area (Å²) >= 11 is 7.07. The Kier molecular flexibility index (Phi) is 6.22. The van der Waals surface area contributed by atoms with Crippen molar-refractivity contribution >= 4 is 43.5 Å². The van der Waals surface area contributed by atoms with Crippen LogP contribution >= 0.6 is 31.9 Å². The van der Waals surface area contributed by atoms with Crippen molar-refractivity contribution in [2.45, 2.75) is 25.8 Å². The molecule has 1 heterocycles. The number of amides is 1. The molecule has 0 fully saturated rings. The first kappa shape index (κ1) is 19.9. The average molecular weight is 496 g/mol.